The number of hydrogen-bond donors (Lipinski definition) is 1. The number of rotatable bonds is 4. The molecule has 0 saturated carbocycles. The molecule has 116 valence electrons. The number of carbonyl (C=O) groups is 1. The Kier molecular flexibility index (Phi) is 5.30. The maximum absolute atomic E-state index is 12.2. The van der Waals surface area contributed by atoms with Crippen LogP contribution in [0.15, 0.2) is 53.4 Å². The van der Waals surface area contributed by atoms with Crippen LogP contribution in [0.2, 0.25) is 0 Å². The number of amides is 1. The topological polar surface area (TPSA) is 29.1 Å². The van der Waals surface area contributed by atoms with Gasteiger partial charge in [-0.2, -0.15) is 0 Å². The average Bonchev–Trinajstić information content (AvgIpc) is 2.52. The van der Waals surface area contributed by atoms with Crippen molar-refractivity contribution < 1.29 is 4.79 Å². The molecule has 0 bridgehead atoms. The molecule has 2 aromatic carbocycles. The molecule has 2 aromatic rings. The average molecular weight is 313 g/mol. The number of nitrogens with one attached hydrogen (secondary N) is 1. The maximum Gasteiger partial charge on any atom is 0.251 e. The summed E-state index contributed by atoms with van der Waals surface area (Å²) in [5.74, 6) is -0.0330. The summed E-state index contributed by atoms with van der Waals surface area (Å²) in [6.07, 6.45) is 2.05. The summed E-state index contributed by atoms with van der Waals surface area (Å²) >= 11 is 1.71. The normalized spacial score (nSPS) is 11.3. The number of thioether (sulfide) groups is 1. The van der Waals surface area contributed by atoms with Gasteiger partial charge in [-0.25, -0.2) is 0 Å². The first kappa shape index (κ1) is 16.6. The fourth-order valence-corrected chi connectivity index (χ4v) is 2.56. The van der Waals surface area contributed by atoms with E-state index >= 15 is 0 Å². The van der Waals surface area contributed by atoms with Crippen molar-refractivity contribution in [1.29, 1.82) is 0 Å². The zero-order chi connectivity index (χ0) is 16.2. The minimum atomic E-state index is -0.0330. The Balaban J connectivity index is 1.97. The van der Waals surface area contributed by atoms with Crippen LogP contribution in [0.1, 0.15) is 42.3 Å². The fourth-order valence-electron chi connectivity index (χ4n) is 2.15. The molecule has 2 nitrogen and oxygen atoms in total. The van der Waals surface area contributed by atoms with Gasteiger partial charge in [0.25, 0.3) is 5.91 Å². The standard InChI is InChI=1S/C19H23NOS/c1-19(2,3)16-9-7-15(8-10-16)18(21)20-13-14-5-11-17(22-4)12-6-14/h5-12H,13H2,1-4H3,(H,20,21). The zero-order valence-corrected chi connectivity index (χ0v) is 14.5. The van der Waals surface area contributed by atoms with Crippen LogP contribution in [0, 0.1) is 0 Å². The van der Waals surface area contributed by atoms with Gasteiger partial charge in [-0.1, -0.05) is 45.0 Å². The molecule has 0 fully saturated rings. The number of benzene rings is 2. The molecule has 0 aliphatic heterocycles. The van der Waals surface area contributed by atoms with Crippen LogP contribution in [0.5, 0.6) is 0 Å². The summed E-state index contributed by atoms with van der Waals surface area (Å²) in [6.45, 7) is 7.05. The van der Waals surface area contributed by atoms with Gasteiger partial charge in [0.15, 0.2) is 0 Å². The van der Waals surface area contributed by atoms with E-state index in [1.807, 2.05) is 24.3 Å². The van der Waals surface area contributed by atoms with Gasteiger partial charge >= 0.3 is 0 Å². The molecule has 0 radical (unpaired) electrons. The molecule has 0 aromatic heterocycles. The second kappa shape index (κ2) is 7.01. The van der Waals surface area contributed by atoms with Gasteiger partial charge in [-0.3, -0.25) is 4.79 Å². The molecule has 0 unspecified atom stereocenters. The zero-order valence-electron chi connectivity index (χ0n) is 13.6. The molecule has 1 amide bonds. The van der Waals surface area contributed by atoms with E-state index in [1.54, 1.807) is 11.8 Å². The van der Waals surface area contributed by atoms with Gasteiger partial charge in [0.2, 0.25) is 0 Å². The largest absolute Gasteiger partial charge is 0.348 e. The Morgan fingerprint density at radius 1 is 1.00 bits per heavy atom. The van der Waals surface area contributed by atoms with Crippen molar-refractivity contribution >= 4 is 17.7 Å². The van der Waals surface area contributed by atoms with Crippen LogP contribution >= 0.6 is 11.8 Å². The van der Waals surface area contributed by atoms with Crippen molar-refractivity contribution in [3.05, 3.63) is 65.2 Å². The molecule has 0 atom stereocenters. The third-order valence-electron chi connectivity index (χ3n) is 3.63. The minimum Gasteiger partial charge on any atom is -0.348 e. The Hall–Kier alpha value is -1.74. The highest BCUT2D eigenvalue weighted by Gasteiger charge is 2.14. The van der Waals surface area contributed by atoms with Crippen molar-refractivity contribution in [2.75, 3.05) is 6.26 Å². The van der Waals surface area contributed by atoms with E-state index in [0.717, 1.165) is 5.56 Å². The van der Waals surface area contributed by atoms with Crippen LogP contribution in [0.25, 0.3) is 0 Å². The smallest absolute Gasteiger partial charge is 0.251 e. The molecule has 1 N–H and O–H groups in total. The van der Waals surface area contributed by atoms with Crippen LogP contribution in [-0.4, -0.2) is 12.2 Å². The van der Waals surface area contributed by atoms with Crippen molar-refractivity contribution in [3.8, 4) is 0 Å². The highest BCUT2D eigenvalue weighted by molar-refractivity contribution is 7.98. The summed E-state index contributed by atoms with van der Waals surface area (Å²) < 4.78 is 0. The summed E-state index contributed by atoms with van der Waals surface area (Å²) in [7, 11) is 0. The van der Waals surface area contributed by atoms with Gasteiger partial charge in [0.1, 0.15) is 0 Å². The predicted molar refractivity (Wildman–Crippen MR) is 94.5 cm³/mol. The van der Waals surface area contributed by atoms with Crippen LogP contribution in [0.3, 0.4) is 0 Å². The number of hydrogen-bond acceptors (Lipinski definition) is 2. The van der Waals surface area contributed by atoms with E-state index < -0.39 is 0 Å². The Labute approximate surface area is 137 Å². The summed E-state index contributed by atoms with van der Waals surface area (Å²) in [5.41, 5.74) is 3.15. The maximum atomic E-state index is 12.2. The van der Waals surface area contributed by atoms with E-state index in [0.29, 0.717) is 12.1 Å². The predicted octanol–water partition coefficient (Wildman–Crippen LogP) is 4.64. The quantitative estimate of drug-likeness (QED) is 0.833. The molecule has 0 spiro atoms. The van der Waals surface area contributed by atoms with Gasteiger partial charge in [-0.05, 0) is 47.1 Å². The second-order valence-corrected chi connectivity index (χ2v) is 7.24. The Morgan fingerprint density at radius 3 is 2.09 bits per heavy atom. The second-order valence-electron chi connectivity index (χ2n) is 6.36. The molecular formula is C19H23NOS. The third-order valence-corrected chi connectivity index (χ3v) is 4.37. The fraction of sp³-hybridized carbons (Fsp3) is 0.316. The molecule has 0 aliphatic rings. The molecule has 22 heavy (non-hydrogen) atoms. The van der Waals surface area contributed by atoms with E-state index in [4.69, 9.17) is 0 Å². The van der Waals surface area contributed by atoms with Gasteiger partial charge < -0.3 is 5.32 Å². The van der Waals surface area contributed by atoms with Crippen molar-refractivity contribution in [1.82, 2.24) is 5.32 Å². The molecule has 0 heterocycles. The van der Waals surface area contributed by atoms with Crippen LogP contribution in [-0.2, 0) is 12.0 Å². The molecule has 0 saturated heterocycles. The monoisotopic (exact) mass is 313 g/mol. The molecule has 3 heteroatoms. The Bertz CT molecular complexity index is 624. The lowest BCUT2D eigenvalue weighted by molar-refractivity contribution is 0.0951. The van der Waals surface area contributed by atoms with Crippen molar-refractivity contribution in [2.24, 2.45) is 0 Å². The highest BCUT2D eigenvalue weighted by atomic mass is 32.2. The van der Waals surface area contributed by atoms with Crippen LogP contribution in [0.4, 0.5) is 0 Å². The molecule has 0 aliphatic carbocycles. The SMILES string of the molecule is CSc1ccc(CNC(=O)c2ccc(C(C)(C)C)cc2)cc1. The molecule has 2 rings (SSSR count). The van der Waals surface area contributed by atoms with E-state index in [-0.39, 0.29) is 11.3 Å². The first-order valence-electron chi connectivity index (χ1n) is 7.42. The molecular weight excluding hydrogens is 290 g/mol. The third kappa shape index (κ3) is 4.38. The first-order chi connectivity index (χ1) is 10.4. The summed E-state index contributed by atoms with van der Waals surface area (Å²) in [6, 6.07) is 16.1. The minimum absolute atomic E-state index is 0.0330. The lowest BCUT2D eigenvalue weighted by Crippen LogP contribution is -2.23. The van der Waals surface area contributed by atoms with E-state index in [1.165, 1.54) is 10.5 Å². The van der Waals surface area contributed by atoms with E-state index in [2.05, 4.69) is 56.6 Å². The lowest BCUT2D eigenvalue weighted by atomic mass is 9.87. The lowest BCUT2D eigenvalue weighted by Gasteiger charge is -2.19. The van der Waals surface area contributed by atoms with Crippen LogP contribution < -0.4 is 5.32 Å². The van der Waals surface area contributed by atoms with E-state index in [9.17, 15) is 4.79 Å². The summed E-state index contributed by atoms with van der Waals surface area (Å²) in [5, 5.41) is 2.97. The van der Waals surface area contributed by atoms with Gasteiger partial charge in [-0.15, -0.1) is 11.8 Å². The first-order valence-corrected chi connectivity index (χ1v) is 8.64. The Morgan fingerprint density at radius 2 is 1.59 bits per heavy atom. The number of carbonyl (C=O) groups excluding carboxylic acids is 1. The van der Waals surface area contributed by atoms with Crippen molar-refractivity contribution in [3.63, 3.8) is 0 Å². The summed E-state index contributed by atoms with van der Waals surface area (Å²) in [4.78, 5) is 13.4. The van der Waals surface area contributed by atoms with Gasteiger partial charge in [0, 0.05) is 17.0 Å². The van der Waals surface area contributed by atoms with Gasteiger partial charge in [0.05, 0.1) is 0 Å². The highest BCUT2D eigenvalue weighted by Crippen LogP contribution is 2.22. The van der Waals surface area contributed by atoms with Crippen molar-refractivity contribution in [2.45, 2.75) is 37.6 Å².